The van der Waals surface area contributed by atoms with E-state index in [-0.39, 0.29) is 0 Å². The quantitative estimate of drug-likeness (QED) is 0.819. The summed E-state index contributed by atoms with van der Waals surface area (Å²) in [5, 5.41) is 3.49. The second-order valence-corrected chi connectivity index (χ2v) is 7.10. The first-order chi connectivity index (χ1) is 9.81. The molecule has 1 N–H and O–H groups in total. The average molecular weight is 281 g/mol. The highest BCUT2D eigenvalue weighted by molar-refractivity contribution is 4.92. The molecule has 4 heteroatoms. The third-order valence-corrected chi connectivity index (χ3v) is 5.58. The largest absolute Gasteiger partial charge is 0.384 e. The minimum atomic E-state index is 0.403. The maximum atomic E-state index is 5.56. The number of rotatable bonds is 5. The van der Waals surface area contributed by atoms with E-state index in [1.165, 1.54) is 64.8 Å². The number of methoxy groups -OCH3 is 1. The van der Waals surface area contributed by atoms with Crippen LogP contribution in [0.3, 0.4) is 0 Å². The first kappa shape index (κ1) is 14.8. The summed E-state index contributed by atoms with van der Waals surface area (Å²) >= 11 is 0. The molecular formula is C16H31N3O. The van der Waals surface area contributed by atoms with Gasteiger partial charge in [-0.2, -0.15) is 0 Å². The van der Waals surface area contributed by atoms with Crippen molar-refractivity contribution in [3.05, 3.63) is 0 Å². The van der Waals surface area contributed by atoms with Gasteiger partial charge in [-0.05, 0) is 64.8 Å². The Bertz CT molecular complexity index is 293. The zero-order valence-electron chi connectivity index (χ0n) is 13.1. The molecule has 0 aliphatic carbocycles. The summed E-state index contributed by atoms with van der Waals surface area (Å²) < 4.78 is 5.56. The van der Waals surface area contributed by atoms with E-state index in [0.29, 0.717) is 5.41 Å². The predicted octanol–water partition coefficient (Wildman–Crippen LogP) is 1.17. The van der Waals surface area contributed by atoms with Crippen LogP contribution in [0.25, 0.3) is 0 Å². The topological polar surface area (TPSA) is 27.7 Å². The Kier molecular flexibility index (Phi) is 4.97. The molecule has 4 nitrogen and oxygen atoms in total. The van der Waals surface area contributed by atoms with Gasteiger partial charge in [-0.15, -0.1) is 0 Å². The van der Waals surface area contributed by atoms with Gasteiger partial charge in [-0.3, -0.25) is 4.90 Å². The molecule has 1 atom stereocenters. The lowest BCUT2D eigenvalue weighted by atomic mass is 9.79. The fraction of sp³-hybridized carbons (Fsp3) is 1.00. The Balaban J connectivity index is 1.53. The second-order valence-electron chi connectivity index (χ2n) is 7.10. The molecule has 0 radical (unpaired) electrons. The van der Waals surface area contributed by atoms with Crippen molar-refractivity contribution in [2.45, 2.75) is 38.1 Å². The van der Waals surface area contributed by atoms with Gasteiger partial charge < -0.3 is 15.0 Å². The van der Waals surface area contributed by atoms with Crippen LogP contribution >= 0.6 is 0 Å². The van der Waals surface area contributed by atoms with Crippen molar-refractivity contribution in [1.29, 1.82) is 0 Å². The highest BCUT2D eigenvalue weighted by Crippen LogP contribution is 2.32. The van der Waals surface area contributed by atoms with E-state index >= 15 is 0 Å². The molecule has 3 fully saturated rings. The van der Waals surface area contributed by atoms with Crippen molar-refractivity contribution in [3.63, 3.8) is 0 Å². The molecule has 0 aromatic heterocycles. The van der Waals surface area contributed by atoms with Crippen molar-refractivity contribution in [1.82, 2.24) is 15.1 Å². The summed E-state index contributed by atoms with van der Waals surface area (Å²) in [4.78, 5) is 5.44. The summed E-state index contributed by atoms with van der Waals surface area (Å²) in [6.07, 6.45) is 6.74. The maximum absolute atomic E-state index is 5.56. The van der Waals surface area contributed by atoms with Gasteiger partial charge in [0, 0.05) is 31.7 Å². The van der Waals surface area contributed by atoms with Gasteiger partial charge in [0.05, 0.1) is 6.61 Å². The van der Waals surface area contributed by atoms with Crippen molar-refractivity contribution in [3.8, 4) is 0 Å². The molecule has 3 rings (SSSR count). The van der Waals surface area contributed by atoms with Crippen molar-refractivity contribution in [2.24, 2.45) is 5.41 Å². The Morgan fingerprint density at radius 3 is 2.60 bits per heavy atom. The lowest BCUT2D eigenvalue weighted by Crippen LogP contribution is -2.47. The molecule has 3 heterocycles. The van der Waals surface area contributed by atoms with Crippen LogP contribution < -0.4 is 5.32 Å². The van der Waals surface area contributed by atoms with Gasteiger partial charge in [-0.25, -0.2) is 0 Å². The van der Waals surface area contributed by atoms with Crippen LogP contribution in [0.4, 0.5) is 0 Å². The molecule has 20 heavy (non-hydrogen) atoms. The Morgan fingerprint density at radius 2 is 1.90 bits per heavy atom. The van der Waals surface area contributed by atoms with E-state index in [9.17, 15) is 0 Å². The standard InChI is InChI=1S/C16H31N3O/c1-20-14-16(5-7-17-8-6-16)13-18-11-4-15(12-18)19-9-2-3-10-19/h15,17H,2-14H2,1H3. The van der Waals surface area contributed by atoms with E-state index in [0.717, 1.165) is 25.7 Å². The SMILES string of the molecule is COCC1(CN2CCC(N3CCCC3)C2)CCNCC1. The van der Waals surface area contributed by atoms with Crippen LogP contribution in [0.1, 0.15) is 32.1 Å². The molecule has 116 valence electrons. The predicted molar refractivity (Wildman–Crippen MR) is 82.1 cm³/mol. The number of hydrogen-bond donors (Lipinski definition) is 1. The zero-order valence-corrected chi connectivity index (χ0v) is 13.1. The average Bonchev–Trinajstić information content (AvgIpc) is 3.10. The van der Waals surface area contributed by atoms with Crippen LogP contribution in [-0.2, 0) is 4.74 Å². The lowest BCUT2D eigenvalue weighted by Gasteiger charge is -2.40. The summed E-state index contributed by atoms with van der Waals surface area (Å²) in [5.74, 6) is 0. The van der Waals surface area contributed by atoms with Crippen LogP contribution in [0, 0.1) is 5.41 Å². The summed E-state index contributed by atoms with van der Waals surface area (Å²) in [7, 11) is 1.86. The van der Waals surface area contributed by atoms with E-state index in [4.69, 9.17) is 4.74 Å². The molecule has 3 aliphatic heterocycles. The van der Waals surface area contributed by atoms with Gasteiger partial charge in [0.2, 0.25) is 0 Å². The number of nitrogens with zero attached hydrogens (tertiary/aromatic N) is 2. The number of hydrogen-bond acceptors (Lipinski definition) is 4. The molecule has 3 aliphatic rings. The fourth-order valence-corrected chi connectivity index (χ4v) is 4.45. The highest BCUT2D eigenvalue weighted by Gasteiger charge is 2.37. The molecule has 0 bridgehead atoms. The van der Waals surface area contributed by atoms with E-state index < -0.39 is 0 Å². The van der Waals surface area contributed by atoms with Gasteiger partial charge in [-0.1, -0.05) is 0 Å². The van der Waals surface area contributed by atoms with Crippen molar-refractivity contribution in [2.75, 3.05) is 59.5 Å². The molecule has 0 spiro atoms. The summed E-state index contributed by atoms with van der Waals surface area (Å²) in [6, 6.07) is 0.832. The molecule has 0 amide bonds. The fourth-order valence-electron chi connectivity index (χ4n) is 4.45. The Hall–Kier alpha value is -0.160. The normalized spacial score (nSPS) is 31.9. The van der Waals surface area contributed by atoms with Gasteiger partial charge in [0.1, 0.15) is 0 Å². The highest BCUT2D eigenvalue weighted by atomic mass is 16.5. The number of piperidine rings is 1. The molecule has 3 saturated heterocycles. The van der Waals surface area contributed by atoms with Crippen molar-refractivity contribution >= 4 is 0 Å². The molecule has 0 aromatic carbocycles. The molecular weight excluding hydrogens is 250 g/mol. The first-order valence-corrected chi connectivity index (χ1v) is 8.47. The van der Waals surface area contributed by atoms with E-state index in [1.807, 2.05) is 7.11 Å². The zero-order chi connectivity index (χ0) is 13.8. The lowest BCUT2D eigenvalue weighted by molar-refractivity contribution is 0.0265. The number of nitrogens with one attached hydrogen (secondary N) is 1. The van der Waals surface area contributed by atoms with Crippen molar-refractivity contribution < 1.29 is 4.74 Å². The monoisotopic (exact) mass is 281 g/mol. The van der Waals surface area contributed by atoms with Gasteiger partial charge in [0.15, 0.2) is 0 Å². The van der Waals surface area contributed by atoms with Gasteiger partial charge >= 0.3 is 0 Å². The second kappa shape index (κ2) is 6.73. The molecule has 0 aromatic rings. The molecule has 0 saturated carbocycles. The Labute approximate surface area is 123 Å². The number of likely N-dealkylation sites (tertiary alicyclic amines) is 2. The maximum Gasteiger partial charge on any atom is 0.0531 e. The number of ether oxygens (including phenoxy) is 1. The molecule has 1 unspecified atom stereocenters. The van der Waals surface area contributed by atoms with Crippen LogP contribution in [0.5, 0.6) is 0 Å². The van der Waals surface area contributed by atoms with E-state index in [2.05, 4.69) is 15.1 Å². The minimum Gasteiger partial charge on any atom is -0.384 e. The van der Waals surface area contributed by atoms with Crippen LogP contribution in [-0.4, -0.2) is 75.4 Å². The Morgan fingerprint density at radius 1 is 1.15 bits per heavy atom. The summed E-state index contributed by atoms with van der Waals surface area (Å²) in [5.41, 5.74) is 0.403. The van der Waals surface area contributed by atoms with Gasteiger partial charge in [0.25, 0.3) is 0 Å². The van der Waals surface area contributed by atoms with E-state index in [1.54, 1.807) is 0 Å². The first-order valence-electron chi connectivity index (χ1n) is 8.47. The van der Waals surface area contributed by atoms with Crippen LogP contribution in [0.2, 0.25) is 0 Å². The van der Waals surface area contributed by atoms with Crippen LogP contribution in [0.15, 0.2) is 0 Å². The third kappa shape index (κ3) is 3.35. The summed E-state index contributed by atoms with van der Waals surface area (Å²) in [6.45, 7) is 9.75. The smallest absolute Gasteiger partial charge is 0.0531 e. The minimum absolute atomic E-state index is 0.403. The third-order valence-electron chi connectivity index (χ3n) is 5.58.